The number of carbonyl (C=O) groups is 1. The van der Waals surface area contributed by atoms with Gasteiger partial charge in [-0.15, -0.1) is 0 Å². The number of carbonyl (C=O) groups excluding carboxylic acids is 1. The first-order chi connectivity index (χ1) is 16.6. The van der Waals surface area contributed by atoms with Crippen LogP contribution < -0.4 is 4.90 Å². The van der Waals surface area contributed by atoms with Gasteiger partial charge in [0, 0.05) is 54.8 Å². The maximum atomic E-state index is 13.7. The molecule has 0 bridgehead atoms. The Morgan fingerprint density at radius 2 is 1.74 bits per heavy atom. The molecule has 1 saturated heterocycles. The Labute approximate surface area is 204 Å². The fourth-order valence-corrected chi connectivity index (χ4v) is 4.19. The molecule has 2 aliphatic heterocycles. The van der Waals surface area contributed by atoms with Crippen LogP contribution in [0.25, 0.3) is 5.57 Å². The number of amides is 1. The smallest absolute Gasteiger partial charge is 0.418 e. The van der Waals surface area contributed by atoms with E-state index in [1.54, 1.807) is 17.0 Å². The minimum Gasteiger partial charge on any atom is -0.472 e. The van der Waals surface area contributed by atoms with Crippen molar-refractivity contribution in [2.45, 2.75) is 13.1 Å². The van der Waals surface area contributed by atoms with Gasteiger partial charge in [-0.2, -0.15) is 13.2 Å². The van der Waals surface area contributed by atoms with E-state index in [1.165, 1.54) is 43.8 Å². The number of allylic oxidation sites excluding steroid dienone is 3. The van der Waals surface area contributed by atoms with E-state index in [0.29, 0.717) is 31.7 Å². The summed E-state index contributed by atoms with van der Waals surface area (Å²) >= 11 is 6.49. The largest absolute Gasteiger partial charge is 0.472 e. The van der Waals surface area contributed by atoms with E-state index in [1.807, 2.05) is 4.90 Å². The fraction of sp³-hybridized carbons (Fsp3) is 0.240. The van der Waals surface area contributed by atoms with Gasteiger partial charge < -0.3 is 19.1 Å². The maximum absolute atomic E-state index is 13.7. The summed E-state index contributed by atoms with van der Waals surface area (Å²) in [5, 5.41) is -0.170. The number of alkyl halides is 3. The molecule has 0 radical (unpaired) electrons. The molecule has 2 aromatic rings. The molecule has 0 spiro atoms. The van der Waals surface area contributed by atoms with Crippen LogP contribution in [0, 0.1) is 5.82 Å². The minimum absolute atomic E-state index is 0.0919. The van der Waals surface area contributed by atoms with E-state index in [4.69, 9.17) is 16.0 Å². The number of nitrogens with zero attached hydrogens (tertiary/aromatic N) is 3. The van der Waals surface area contributed by atoms with Crippen LogP contribution in [0.1, 0.15) is 12.5 Å². The Bertz CT molecular complexity index is 1210. The van der Waals surface area contributed by atoms with Gasteiger partial charge in [0.2, 0.25) is 0 Å². The van der Waals surface area contributed by atoms with E-state index >= 15 is 0 Å². The van der Waals surface area contributed by atoms with Crippen molar-refractivity contribution in [2.24, 2.45) is 0 Å². The van der Waals surface area contributed by atoms with Crippen LogP contribution >= 0.6 is 11.6 Å². The Balaban J connectivity index is 1.54. The van der Waals surface area contributed by atoms with Crippen LogP contribution in [-0.2, 0) is 4.79 Å². The molecule has 1 aromatic carbocycles. The van der Waals surface area contributed by atoms with E-state index in [-0.39, 0.29) is 33.7 Å². The average Bonchev–Trinajstić information content (AvgIpc) is 3.38. The summed E-state index contributed by atoms with van der Waals surface area (Å²) < 4.78 is 59.4. The van der Waals surface area contributed by atoms with Gasteiger partial charge in [-0.25, -0.2) is 4.39 Å². The van der Waals surface area contributed by atoms with Gasteiger partial charge in [-0.3, -0.25) is 4.79 Å². The normalized spacial score (nSPS) is 17.8. The number of furan rings is 1. The van der Waals surface area contributed by atoms with Gasteiger partial charge in [-0.1, -0.05) is 18.2 Å². The zero-order valence-corrected chi connectivity index (χ0v) is 19.5. The van der Waals surface area contributed by atoms with Crippen molar-refractivity contribution in [3.05, 3.63) is 95.1 Å². The quantitative estimate of drug-likeness (QED) is 0.294. The molecule has 3 heterocycles. The lowest BCUT2D eigenvalue weighted by Crippen LogP contribution is -2.49. The Hall–Kier alpha value is -3.46. The molecule has 1 fully saturated rings. The van der Waals surface area contributed by atoms with Crippen molar-refractivity contribution < 1.29 is 26.8 Å². The summed E-state index contributed by atoms with van der Waals surface area (Å²) in [5.41, 5.74) is 0.219. The maximum Gasteiger partial charge on any atom is 0.418 e. The number of anilines is 1. The van der Waals surface area contributed by atoms with Gasteiger partial charge in [0.25, 0.3) is 5.91 Å². The van der Waals surface area contributed by atoms with Crippen molar-refractivity contribution in [1.82, 2.24) is 9.80 Å². The van der Waals surface area contributed by atoms with Gasteiger partial charge in [0.05, 0.1) is 23.8 Å². The lowest BCUT2D eigenvalue weighted by atomic mass is 10.0. The first-order valence-corrected chi connectivity index (χ1v) is 11.1. The standard InChI is InChI=1S/C25H22ClF4N3O2/c1-16(24(34)32-10-8-31(9-11-32)21-5-3-20(27)4-6-21)23(26)33-14-19(18-7-12-35-15-18)13-22(17(33)2)25(28,29)30/h3-7,12-15H,2,8-11H2,1H3/b23-16+. The third kappa shape index (κ3) is 5.14. The van der Waals surface area contributed by atoms with Gasteiger partial charge >= 0.3 is 6.18 Å². The molecule has 184 valence electrons. The predicted molar refractivity (Wildman–Crippen MR) is 126 cm³/mol. The first-order valence-electron chi connectivity index (χ1n) is 10.7. The zero-order valence-electron chi connectivity index (χ0n) is 18.8. The first kappa shape index (κ1) is 24.7. The van der Waals surface area contributed by atoms with Gasteiger partial charge in [-0.05, 0) is 43.3 Å². The second-order valence-electron chi connectivity index (χ2n) is 8.14. The molecule has 2 aliphatic rings. The molecule has 5 nitrogen and oxygen atoms in total. The third-order valence-electron chi connectivity index (χ3n) is 5.93. The lowest BCUT2D eigenvalue weighted by Gasteiger charge is -2.37. The number of halogens is 5. The summed E-state index contributed by atoms with van der Waals surface area (Å²) in [7, 11) is 0. The van der Waals surface area contributed by atoms with Crippen molar-refractivity contribution >= 4 is 28.8 Å². The highest BCUT2D eigenvalue weighted by molar-refractivity contribution is 6.31. The molecule has 0 atom stereocenters. The second kappa shape index (κ2) is 9.65. The molecular weight excluding hydrogens is 486 g/mol. The van der Waals surface area contributed by atoms with Crippen LogP contribution in [0.5, 0.6) is 0 Å². The molecular formula is C25H22ClF4N3O2. The number of hydrogen-bond donors (Lipinski definition) is 0. The van der Waals surface area contributed by atoms with Crippen molar-refractivity contribution in [3.63, 3.8) is 0 Å². The number of rotatable bonds is 4. The Morgan fingerprint density at radius 1 is 1.09 bits per heavy atom. The van der Waals surface area contributed by atoms with Crippen molar-refractivity contribution in [3.8, 4) is 0 Å². The van der Waals surface area contributed by atoms with Crippen LogP contribution in [0.2, 0.25) is 0 Å². The molecule has 0 aliphatic carbocycles. The Morgan fingerprint density at radius 3 is 2.31 bits per heavy atom. The molecule has 1 amide bonds. The molecule has 0 unspecified atom stereocenters. The van der Waals surface area contributed by atoms with Crippen molar-refractivity contribution in [2.75, 3.05) is 31.1 Å². The molecule has 0 N–H and O–H groups in total. The topological polar surface area (TPSA) is 39.9 Å². The van der Waals surface area contributed by atoms with Gasteiger partial charge in [0.15, 0.2) is 0 Å². The summed E-state index contributed by atoms with van der Waals surface area (Å²) in [6.07, 6.45) is 0.361. The molecule has 0 saturated carbocycles. The fourth-order valence-electron chi connectivity index (χ4n) is 3.96. The number of benzene rings is 1. The highest BCUT2D eigenvalue weighted by atomic mass is 35.5. The van der Waals surface area contributed by atoms with E-state index in [0.717, 1.165) is 16.7 Å². The Kier molecular flexibility index (Phi) is 6.80. The summed E-state index contributed by atoms with van der Waals surface area (Å²) in [4.78, 5) is 17.8. The number of piperazine rings is 1. The molecule has 1 aromatic heterocycles. The monoisotopic (exact) mass is 507 g/mol. The van der Waals surface area contributed by atoms with Gasteiger partial charge in [0.1, 0.15) is 11.0 Å². The zero-order chi connectivity index (χ0) is 25.3. The second-order valence-corrected chi connectivity index (χ2v) is 8.50. The highest BCUT2D eigenvalue weighted by Crippen LogP contribution is 2.41. The van der Waals surface area contributed by atoms with Crippen LogP contribution in [0.3, 0.4) is 0 Å². The average molecular weight is 508 g/mol. The summed E-state index contributed by atoms with van der Waals surface area (Å²) in [6.45, 7) is 6.84. The third-order valence-corrected chi connectivity index (χ3v) is 6.40. The van der Waals surface area contributed by atoms with Crippen LogP contribution in [0.4, 0.5) is 23.2 Å². The minimum atomic E-state index is -4.68. The van der Waals surface area contributed by atoms with E-state index < -0.39 is 11.7 Å². The highest BCUT2D eigenvalue weighted by Gasteiger charge is 2.40. The van der Waals surface area contributed by atoms with E-state index in [2.05, 4.69) is 6.58 Å². The van der Waals surface area contributed by atoms with Crippen LogP contribution in [-0.4, -0.2) is 48.1 Å². The predicted octanol–water partition coefficient (Wildman–Crippen LogP) is 5.90. The lowest BCUT2D eigenvalue weighted by molar-refractivity contribution is -0.127. The summed E-state index contributed by atoms with van der Waals surface area (Å²) in [6, 6.07) is 7.62. The van der Waals surface area contributed by atoms with E-state index in [9.17, 15) is 22.4 Å². The summed E-state index contributed by atoms with van der Waals surface area (Å²) in [5.74, 6) is -0.714. The van der Waals surface area contributed by atoms with Crippen molar-refractivity contribution in [1.29, 1.82) is 0 Å². The SMILES string of the molecule is C=C1C(C(F)(F)F)=CC(c2ccoc2)=CN1/C(Cl)=C(\C)C(=O)N1CCN(c2ccc(F)cc2)CC1. The molecule has 10 heteroatoms. The van der Waals surface area contributed by atoms with Crippen LogP contribution in [0.15, 0.2) is 88.1 Å². The molecule has 35 heavy (non-hydrogen) atoms. The molecule has 4 rings (SSSR count). The number of hydrogen-bond acceptors (Lipinski definition) is 4.